The van der Waals surface area contributed by atoms with Crippen LogP contribution in [0.5, 0.6) is 0 Å². The normalized spacial score (nSPS) is 11.5. The van der Waals surface area contributed by atoms with Gasteiger partial charge in [-0.05, 0) is 36.2 Å². The molecule has 5 nitrogen and oxygen atoms in total. The summed E-state index contributed by atoms with van der Waals surface area (Å²) >= 11 is 0. The maximum Gasteiger partial charge on any atom is 0.243 e. The van der Waals surface area contributed by atoms with Gasteiger partial charge in [0.15, 0.2) is 0 Å². The Kier molecular flexibility index (Phi) is 6.94. The zero-order valence-electron chi connectivity index (χ0n) is 15.6. The summed E-state index contributed by atoms with van der Waals surface area (Å²) in [5.74, 6) is 0.0241. The Labute approximate surface area is 156 Å². The van der Waals surface area contributed by atoms with Crippen molar-refractivity contribution >= 4 is 21.6 Å². The average Bonchev–Trinajstić information content (AvgIpc) is 2.67. The minimum Gasteiger partial charge on any atom is -0.315 e. The largest absolute Gasteiger partial charge is 0.315 e. The van der Waals surface area contributed by atoms with Crippen molar-refractivity contribution in [3.8, 4) is 0 Å². The molecule has 0 spiro atoms. The number of benzene rings is 2. The van der Waals surface area contributed by atoms with Crippen LogP contribution in [-0.2, 0) is 21.2 Å². The number of para-hydroxylation sites is 1. The number of aryl methyl sites for hydroxylation is 1. The Bertz CT molecular complexity index is 814. The van der Waals surface area contributed by atoms with Crippen LogP contribution in [0.4, 0.5) is 5.69 Å². The van der Waals surface area contributed by atoms with Crippen LogP contribution in [-0.4, -0.2) is 38.8 Å². The average molecular weight is 375 g/mol. The van der Waals surface area contributed by atoms with Gasteiger partial charge in [-0.2, -0.15) is 4.31 Å². The Morgan fingerprint density at radius 3 is 2.04 bits per heavy atom. The molecule has 0 fully saturated rings. The van der Waals surface area contributed by atoms with Crippen LogP contribution in [0.25, 0.3) is 0 Å². The zero-order valence-corrected chi connectivity index (χ0v) is 16.4. The first-order chi connectivity index (χ1) is 12.4. The highest BCUT2D eigenvalue weighted by molar-refractivity contribution is 7.89. The van der Waals surface area contributed by atoms with Crippen molar-refractivity contribution in [1.82, 2.24) is 4.31 Å². The maximum absolute atomic E-state index is 12.5. The Hall–Kier alpha value is -2.18. The summed E-state index contributed by atoms with van der Waals surface area (Å²) in [4.78, 5) is 14.3. The van der Waals surface area contributed by atoms with Crippen molar-refractivity contribution in [3.05, 3.63) is 60.2 Å². The smallest absolute Gasteiger partial charge is 0.243 e. The van der Waals surface area contributed by atoms with Crippen LogP contribution in [0.1, 0.15) is 25.8 Å². The molecule has 0 unspecified atom stereocenters. The number of sulfonamides is 1. The predicted molar refractivity (Wildman–Crippen MR) is 105 cm³/mol. The van der Waals surface area contributed by atoms with E-state index in [0.717, 1.165) is 11.3 Å². The molecule has 0 aromatic heterocycles. The summed E-state index contributed by atoms with van der Waals surface area (Å²) in [7, 11) is -1.68. The molecule has 0 aliphatic rings. The van der Waals surface area contributed by atoms with Crippen molar-refractivity contribution in [3.63, 3.8) is 0 Å². The van der Waals surface area contributed by atoms with E-state index >= 15 is 0 Å². The van der Waals surface area contributed by atoms with E-state index in [1.807, 2.05) is 44.2 Å². The number of carbonyl (C=O) groups is 1. The summed E-state index contributed by atoms with van der Waals surface area (Å²) in [6.07, 6.45) is 0.940. The number of amides is 1. The van der Waals surface area contributed by atoms with Gasteiger partial charge in [0.2, 0.25) is 15.9 Å². The van der Waals surface area contributed by atoms with Crippen LogP contribution in [0, 0.1) is 0 Å². The lowest BCUT2D eigenvalue weighted by Gasteiger charge is -2.19. The molecule has 140 valence electrons. The summed E-state index contributed by atoms with van der Waals surface area (Å²) in [5, 5.41) is 0. The van der Waals surface area contributed by atoms with E-state index in [1.54, 1.807) is 36.2 Å². The molecule has 0 aliphatic heterocycles. The van der Waals surface area contributed by atoms with E-state index in [1.165, 1.54) is 4.31 Å². The molecule has 0 heterocycles. The molecule has 0 aliphatic carbocycles. The molecule has 6 heteroatoms. The lowest BCUT2D eigenvalue weighted by molar-refractivity contribution is -0.118. The maximum atomic E-state index is 12.5. The van der Waals surface area contributed by atoms with Crippen molar-refractivity contribution in [2.75, 3.05) is 25.0 Å². The number of hydrogen-bond donors (Lipinski definition) is 0. The molecule has 0 N–H and O–H groups in total. The third-order valence-electron chi connectivity index (χ3n) is 4.41. The van der Waals surface area contributed by atoms with Crippen molar-refractivity contribution in [2.45, 2.75) is 31.6 Å². The highest BCUT2D eigenvalue weighted by atomic mass is 32.2. The van der Waals surface area contributed by atoms with E-state index < -0.39 is 10.0 Å². The van der Waals surface area contributed by atoms with Gasteiger partial charge < -0.3 is 4.90 Å². The van der Waals surface area contributed by atoms with Crippen molar-refractivity contribution < 1.29 is 13.2 Å². The summed E-state index contributed by atoms with van der Waals surface area (Å²) in [6, 6.07) is 16.3. The zero-order chi connectivity index (χ0) is 19.2. The first kappa shape index (κ1) is 20.1. The van der Waals surface area contributed by atoms with E-state index in [9.17, 15) is 13.2 Å². The fourth-order valence-corrected chi connectivity index (χ4v) is 4.21. The number of rotatable bonds is 8. The molecule has 0 saturated carbocycles. The molecule has 1 amide bonds. The molecule has 0 atom stereocenters. The number of anilines is 1. The molecule has 2 aromatic carbocycles. The molecular weight excluding hydrogens is 348 g/mol. The van der Waals surface area contributed by atoms with Gasteiger partial charge in [-0.1, -0.05) is 44.2 Å². The highest BCUT2D eigenvalue weighted by Crippen LogP contribution is 2.18. The van der Waals surface area contributed by atoms with Gasteiger partial charge >= 0.3 is 0 Å². The van der Waals surface area contributed by atoms with Crippen molar-refractivity contribution in [1.29, 1.82) is 0 Å². The predicted octanol–water partition coefficient (Wildman–Crippen LogP) is 3.31. The van der Waals surface area contributed by atoms with Crippen LogP contribution in [0.2, 0.25) is 0 Å². The first-order valence-corrected chi connectivity index (χ1v) is 10.2. The number of nitrogens with zero attached hydrogens (tertiary/aromatic N) is 2. The van der Waals surface area contributed by atoms with Crippen molar-refractivity contribution in [2.24, 2.45) is 0 Å². The molecule has 26 heavy (non-hydrogen) atoms. The van der Waals surface area contributed by atoms with Gasteiger partial charge in [-0.15, -0.1) is 0 Å². The SMILES string of the molecule is CCN(CC)S(=O)(=O)c1ccc(CCC(=O)N(C)c2ccccc2)cc1. The molecule has 2 rings (SSSR count). The van der Waals surface area contributed by atoms with Crippen LogP contribution < -0.4 is 4.90 Å². The second kappa shape index (κ2) is 8.96. The third-order valence-corrected chi connectivity index (χ3v) is 6.48. The minimum atomic E-state index is -3.44. The van der Waals surface area contributed by atoms with Gasteiger partial charge in [0, 0.05) is 32.2 Å². The Morgan fingerprint density at radius 1 is 0.923 bits per heavy atom. The lowest BCUT2D eigenvalue weighted by atomic mass is 10.1. The molecule has 2 aromatic rings. The number of hydrogen-bond acceptors (Lipinski definition) is 3. The molecule has 0 bridgehead atoms. The summed E-state index contributed by atoms with van der Waals surface area (Å²) < 4.78 is 26.4. The van der Waals surface area contributed by atoms with Crippen LogP contribution in [0.3, 0.4) is 0 Å². The lowest BCUT2D eigenvalue weighted by Crippen LogP contribution is -2.30. The Balaban J connectivity index is 2.00. The van der Waals surface area contributed by atoms with Gasteiger partial charge in [-0.25, -0.2) is 8.42 Å². The van der Waals surface area contributed by atoms with Crippen LogP contribution >= 0.6 is 0 Å². The first-order valence-electron chi connectivity index (χ1n) is 8.80. The topological polar surface area (TPSA) is 57.7 Å². The molecular formula is C20H26N2O3S. The third kappa shape index (κ3) is 4.71. The second-order valence-electron chi connectivity index (χ2n) is 6.02. The Morgan fingerprint density at radius 2 is 1.50 bits per heavy atom. The fourth-order valence-electron chi connectivity index (χ4n) is 2.76. The van der Waals surface area contributed by atoms with Gasteiger partial charge in [0.25, 0.3) is 0 Å². The molecule has 0 saturated heterocycles. The standard InChI is InChI=1S/C20H26N2O3S/c1-4-22(5-2)26(24,25)19-14-11-17(12-15-19)13-16-20(23)21(3)18-9-7-6-8-10-18/h6-12,14-15H,4-5,13,16H2,1-3H3. The van der Waals surface area contributed by atoms with E-state index in [0.29, 0.717) is 25.9 Å². The monoisotopic (exact) mass is 374 g/mol. The van der Waals surface area contributed by atoms with E-state index in [-0.39, 0.29) is 10.8 Å². The fraction of sp³-hybridized carbons (Fsp3) is 0.350. The van der Waals surface area contributed by atoms with Gasteiger partial charge in [0.1, 0.15) is 0 Å². The van der Waals surface area contributed by atoms with Gasteiger partial charge in [0.05, 0.1) is 4.90 Å². The molecule has 0 radical (unpaired) electrons. The minimum absolute atomic E-state index is 0.0241. The van der Waals surface area contributed by atoms with Crippen LogP contribution in [0.15, 0.2) is 59.5 Å². The van der Waals surface area contributed by atoms with Gasteiger partial charge in [-0.3, -0.25) is 4.79 Å². The quantitative estimate of drug-likeness (QED) is 0.712. The van der Waals surface area contributed by atoms with E-state index in [2.05, 4.69) is 0 Å². The highest BCUT2D eigenvalue weighted by Gasteiger charge is 2.21. The second-order valence-corrected chi connectivity index (χ2v) is 7.96. The summed E-state index contributed by atoms with van der Waals surface area (Å²) in [6.45, 7) is 4.54. The number of carbonyl (C=O) groups excluding carboxylic acids is 1. The van der Waals surface area contributed by atoms with E-state index in [4.69, 9.17) is 0 Å². The summed E-state index contributed by atoms with van der Waals surface area (Å²) in [5.41, 5.74) is 1.80.